The minimum absolute atomic E-state index is 0.00458. The molecule has 6 nitrogen and oxygen atoms in total. The van der Waals surface area contributed by atoms with E-state index in [9.17, 15) is 14.4 Å². The molecule has 1 saturated heterocycles. The Morgan fingerprint density at radius 1 is 1.00 bits per heavy atom. The number of Topliss-reactive ketones (excluding diaryl/α,β-unsaturated/α-hetero) is 1. The number of piperazine rings is 1. The van der Waals surface area contributed by atoms with Gasteiger partial charge in [-0.05, 0) is 6.07 Å². The highest BCUT2D eigenvalue weighted by atomic mass is 16.2. The molecule has 1 aliphatic heterocycles. The first-order chi connectivity index (χ1) is 10.6. The van der Waals surface area contributed by atoms with Crippen molar-refractivity contribution in [2.75, 3.05) is 26.2 Å². The number of rotatable bonds is 2. The van der Waals surface area contributed by atoms with Gasteiger partial charge in [-0.25, -0.2) is 0 Å². The number of aromatic nitrogens is 1. The van der Waals surface area contributed by atoms with E-state index in [1.807, 2.05) is 24.3 Å². The molecular formula is C16H17N3O3. The molecule has 0 unspecified atom stereocenters. The number of carbonyl (C=O) groups is 3. The van der Waals surface area contributed by atoms with Crippen LogP contribution >= 0.6 is 0 Å². The van der Waals surface area contributed by atoms with Crippen LogP contribution in [0.4, 0.5) is 0 Å². The van der Waals surface area contributed by atoms with Crippen LogP contribution in [0.15, 0.2) is 30.5 Å². The molecule has 1 aliphatic rings. The van der Waals surface area contributed by atoms with Crippen molar-refractivity contribution < 1.29 is 14.4 Å². The molecule has 22 heavy (non-hydrogen) atoms. The van der Waals surface area contributed by atoms with Crippen LogP contribution in [0.1, 0.15) is 17.3 Å². The summed E-state index contributed by atoms with van der Waals surface area (Å²) < 4.78 is 0. The van der Waals surface area contributed by atoms with Gasteiger partial charge in [-0.2, -0.15) is 0 Å². The zero-order chi connectivity index (χ0) is 15.7. The summed E-state index contributed by atoms with van der Waals surface area (Å²) in [7, 11) is 0. The fourth-order valence-corrected chi connectivity index (χ4v) is 2.74. The number of nitrogens with one attached hydrogen (secondary N) is 1. The normalized spacial score (nSPS) is 15.1. The number of aromatic amines is 1. The van der Waals surface area contributed by atoms with Gasteiger partial charge in [0.15, 0.2) is 0 Å². The van der Waals surface area contributed by atoms with Crippen molar-refractivity contribution in [3.63, 3.8) is 0 Å². The zero-order valence-electron chi connectivity index (χ0n) is 12.3. The van der Waals surface area contributed by atoms with Gasteiger partial charge >= 0.3 is 0 Å². The summed E-state index contributed by atoms with van der Waals surface area (Å²) in [5.41, 5.74) is 1.23. The zero-order valence-corrected chi connectivity index (χ0v) is 12.3. The Balaban J connectivity index is 1.75. The first kappa shape index (κ1) is 14.3. The minimum atomic E-state index is -0.507. The second-order valence-corrected chi connectivity index (χ2v) is 5.38. The molecule has 2 amide bonds. The third-order valence-electron chi connectivity index (χ3n) is 4.04. The second-order valence-electron chi connectivity index (χ2n) is 5.38. The summed E-state index contributed by atoms with van der Waals surface area (Å²) in [6.07, 6.45) is 1.58. The maximum Gasteiger partial charge on any atom is 0.295 e. The molecule has 0 aliphatic carbocycles. The summed E-state index contributed by atoms with van der Waals surface area (Å²) in [5.74, 6) is -1.02. The number of hydrogen-bond donors (Lipinski definition) is 1. The predicted octanol–water partition coefficient (Wildman–Crippen LogP) is 1.04. The average Bonchev–Trinajstić information content (AvgIpc) is 2.97. The number of H-pyrrole nitrogens is 1. The van der Waals surface area contributed by atoms with Crippen molar-refractivity contribution in [1.29, 1.82) is 0 Å². The molecular weight excluding hydrogens is 282 g/mol. The van der Waals surface area contributed by atoms with E-state index in [0.717, 1.165) is 10.9 Å². The highest BCUT2D eigenvalue weighted by Gasteiger charge is 2.28. The summed E-state index contributed by atoms with van der Waals surface area (Å²) >= 11 is 0. The van der Waals surface area contributed by atoms with Gasteiger partial charge in [-0.3, -0.25) is 14.4 Å². The van der Waals surface area contributed by atoms with Gasteiger partial charge in [-0.15, -0.1) is 0 Å². The molecule has 1 N–H and O–H groups in total. The maximum absolute atomic E-state index is 12.4. The lowest BCUT2D eigenvalue weighted by Gasteiger charge is -2.33. The monoisotopic (exact) mass is 299 g/mol. The first-order valence-corrected chi connectivity index (χ1v) is 7.23. The molecule has 6 heteroatoms. The Kier molecular flexibility index (Phi) is 3.66. The van der Waals surface area contributed by atoms with E-state index in [-0.39, 0.29) is 5.91 Å². The number of ketones is 1. The standard InChI is InChI=1S/C16H17N3O3/c1-11(20)18-6-8-19(9-7-18)16(22)15(21)13-10-17-14-5-3-2-4-12(13)14/h2-5,10,17H,6-9H2,1H3. The van der Waals surface area contributed by atoms with E-state index >= 15 is 0 Å². The number of hydrogen-bond acceptors (Lipinski definition) is 3. The van der Waals surface area contributed by atoms with Crippen LogP contribution in [-0.4, -0.2) is 58.6 Å². The molecule has 114 valence electrons. The van der Waals surface area contributed by atoms with Crippen LogP contribution in [0.2, 0.25) is 0 Å². The molecule has 1 aromatic carbocycles. The SMILES string of the molecule is CC(=O)N1CCN(C(=O)C(=O)c2c[nH]c3ccccc23)CC1. The van der Waals surface area contributed by atoms with Crippen LogP contribution in [0, 0.1) is 0 Å². The van der Waals surface area contributed by atoms with Gasteiger partial charge in [0.1, 0.15) is 0 Å². The molecule has 0 radical (unpaired) electrons. The van der Waals surface area contributed by atoms with Crippen LogP contribution in [0.3, 0.4) is 0 Å². The lowest BCUT2D eigenvalue weighted by molar-refractivity contribution is -0.135. The Morgan fingerprint density at radius 2 is 1.64 bits per heavy atom. The molecule has 1 aromatic heterocycles. The third-order valence-corrected chi connectivity index (χ3v) is 4.04. The Hall–Kier alpha value is -2.63. The predicted molar refractivity (Wildman–Crippen MR) is 81.5 cm³/mol. The van der Waals surface area contributed by atoms with Crippen LogP contribution in [0.25, 0.3) is 10.9 Å². The van der Waals surface area contributed by atoms with E-state index in [0.29, 0.717) is 31.7 Å². The third kappa shape index (κ3) is 2.47. The summed E-state index contributed by atoms with van der Waals surface area (Å²) in [6.45, 7) is 3.25. The van der Waals surface area contributed by atoms with E-state index in [2.05, 4.69) is 4.98 Å². The number of carbonyl (C=O) groups excluding carboxylic acids is 3. The quantitative estimate of drug-likeness (QED) is 0.665. The highest BCUT2D eigenvalue weighted by molar-refractivity contribution is 6.44. The van der Waals surface area contributed by atoms with Crippen molar-refractivity contribution in [3.05, 3.63) is 36.0 Å². The van der Waals surface area contributed by atoms with Crippen LogP contribution in [-0.2, 0) is 9.59 Å². The second kappa shape index (κ2) is 5.63. The summed E-state index contributed by atoms with van der Waals surface area (Å²) in [4.78, 5) is 42.3. The summed E-state index contributed by atoms with van der Waals surface area (Å²) in [5, 5.41) is 0.753. The Bertz CT molecular complexity index is 742. The number of benzene rings is 1. The topological polar surface area (TPSA) is 73.5 Å². The smallest absolute Gasteiger partial charge is 0.295 e. The molecule has 0 spiro atoms. The van der Waals surface area contributed by atoms with Gasteiger partial charge in [0.05, 0.1) is 5.56 Å². The Morgan fingerprint density at radius 3 is 2.32 bits per heavy atom. The van der Waals surface area contributed by atoms with E-state index < -0.39 is 11.7 Å². The van der Waals surface area contributed by atoms with Gasteiger partial charge < -0.3 is 14.8 Å². The molecule has 1 fully saturated rings. The lowest BCUT2D eigenvalue weighted by atomic mass is 10.1. The number of amides is 2. The largest absolute Gasteiger partial charge is 0.360 e. The van der Waals surface area contributed by atoms with Crippen molar-refractivity contribution in [1.82, 2.24) is 14.8 Å². The molecule has 0 atom stereocenters. The number of para-hydroxylation sites is 1. The summed E-state index contributed by atoms with van der Waals surface area (Å²) in [6, 6.07) is 7.39. The Labute approximate surface area is 127 Å². The van der Waals surface area contributed by atoms with E-state index in [1.54, 1.807) is 11.1 Å². The van der Waals surface area contributed by atoms with Gasteiger partial charge in [0, 0.05) is 50.2 Å². The van der Waals surface area contributed by atoms with Crippen LogP contribution in [0.5, 0.6) is 0 Å². The van der Waals surface area contributed by atoms with Crippen molar-refractivity contribution in [2.45, 2.75) is 6.92 Å². The lowest BCUT2D eigenvalue weighted by Crippen LogP contribution is -2.51. The molecule has 3 rings (SSSR count). The fourth-order valence-electron chi connectivity index (χ4n) is 2.74. The van der Waals surface area contributed by atoms with Gasteiger partial charge in [0.25, 0.3) is 11.7 Å². The average molecular weight is 299 g/mol. The molecule has 2 heterocycles. The molecule has 2 aromatic rings. The number of fused-ring (bicyclic) bond motifs is 1. The maximum atomic E-state index is 12.4. The first-order valence-electron chi connectivity index (χ1n) is 7.23. The van der Waals surface area contributed by atoms with E-state index in [1.165, 1.54) is 11.8 Å². The number of nitrogens with zero attached hydrogens (tertiary/aromatic N) is 2. The fraction of sp³-hybridized carbons (Fsp3) is 0.312. The van der Waals surface area contributed by atoms with Gasteiger partial charge in [-0.1, -0.05) is 18.2 Å². The van der Waals surface area contributed by atoms with Crippen molar-refractivity contribution in [2.24, 2.45) is 0 Å². The van der Waals surface area contributed by atoms with Crippen LogP contribution < -0.4 is 0 Å². The minimum Gasteiger partial charge on any atom is -0.360 e. The molecule has 0 saturated carbocycles. The molecule has 0 bridgehead atoms. The highest BCUT2D eigenvalue weighted by Crippen LogP contribution is 2.19. The van der Waals surface area contributed by atoms with E-state index in [4.69, 9.17) is 0 Å². The van der Waals surface area contributed by atoms with Crippen molar-refractivity contribution >= 4 is 28.5 Å². The van der Waals surface area contributed by atoms with Crippen molar-refractivity contribution in [3.8, 4) is 0 Å². The van der Waals surface area contributed by atoms with Gasteiger partial charge in [0.2, 0.25) is 5.91 Å².